The van der Waals surface area contributed by atoms with Gasteiger partial charge in [0, 0.05) is 25.8 Å². The fourth-order valence-corrected chi connectivity index (χ4v) is 2.04. The highest BCUT2D eigenvalue weighted by Gasteiger charge is 2.21. The normalized spacial score (nSPS) is 12.2. The molecule has 0 saturated heterocycles. The summed E-state index contributed by atoms with van der Waals surface area (Å²) in [4.78, 5) is 6.93. The van der Waals surface area contributed by atoms with Crippen molar-refractivity contribution in [2.75, 3.05) is 25.0 Å². The average molecular weight is 252 g/mol. The molecule has 104 valence electrons. The number of rotatable bonds is 6. The highest BCUT2D eigenvalue weighted by Crippen LogP contribution is 2.23. The Morgan fingerprint density at radius 3 is 2.50 bits per heavy atom. The van der Waals surface area contributed by atoms with Crippen molar-refractivity contribution in [1.82, 2.24) is 9.55 Å². The molecule has 1 aromatic heterocycles. The Balaban J connectivity index is 2.97. The SMILES string of the molecule is CCc1cn(C(C)C)c(N(C)CC(C)(C)CN)n1. The molecule has 0 aromatic carbocycles. The number of aromatic nitrogens is 2. The molecule has 1 aromatic rings. The molecule has 0 amide bonds. The molecule has 0 unspecified atom stereocenters. The van der Waals surface area contributed by atoms with E-state index in [1.54, 1.807) is 0 Å². The van der Waals surface area contributed by atoms with Crippen molar-refractivity contribution in [3.05, 3.63) is 11.9 Å². The van der Waals surface area contributed by atoms with E-state index in [9.17, 15) is 0 Å². The van der Waals surface area contributed by atoms with E-state index < -0.39 is 0 Å². The summed E-state index contributed by atoms with van der Waals surface area (Å²) in [7, 11) is 2.10. The smallest absolute Gasteiger partial charge is 0.205 e. The van der Waals surface area contributed by atoms with E-state index in [1.807, 2.05) is 0 Å². The molecule has 2 N–H and O–H groups in total. The van der Waals surface area contributed by atoms with Crippen LogP contribution in [0.25, 0.3) is 0 Å². The lowest BCUT2D eigenvalue weighted by Gasteiger charge is -2.30. The summed E-state index contributed by atoms with van der Waals surface area (Å²) < 4.78 is 2.24. The summed E-state index contributed by atoms with van der Waals surface area (Å²) in [6.45, 7) is 12.5. The molecule has 0 aliphatic heterocycles. The van der Waals surface area contributed by atoms with Crippen LogP contribution in [0.2, 0.25) is 0 Å². The summed E-state index contributed by atoms with van der Waals surface area (Å²) in [6, 6.07) is 0.427. The van der Waals surface area contributed by atoms with E-state index in [2.05, 4.69) is 57.3 Å². The van der Waals surface area contributed by atoms with E-state index in [-0.39, 0.29) is 5.41 Å². The van der Waals surface area contributed by atoms with E-state index in [1.165, 1.54) is 0 Å². The van der Waals surface area contributed by atoms with Crippen molar-refractivity contribution >= 4 is 5.95 Å². The predicted molar refractivity (Wildman–Crippen MR) is 78.1 cm³/mol. The van der Waals surface area contributed by atoms with Gasteiger partial charge in [-0.1, -0.05) is 20.8 Å². The Hall–Kier alpha value is -1.03. The molecule has 1 heterocycles. The van der Waals surface area contributed by atoms with Crippen LogP contribution in [-0.2, 0) is 6.42 Å². The molecule has 0 aliphatic rings. The van der Waals surface area contributed by atoms with Gasteiger partial charge in [-0.3, -0.25) is 0 Å². The summed E-state index contributed by atoms with van der Waals surface area (Å²) in [5.74, 6) is 1.04. The standard InChI is InChI=1S/C14H28N4/c1-7-12-8-18(11(2)3)13(16-12)17(6)10-14(4,5)9-15/h8,11H,7,9-10,15H2,1-6H3. The first-order chi connectivity index (χ1) is 8.30. The molecule has 18 heavy (non-hydrogen) atoms. The molecular weight excluding hydrogens is 224 g/mol. The second-order valence-electron chi connectivity index (χ2n) is 6.11. The number of hydrogen-bond acceptors (Lipinski definition) is 3. The van der Waals surface area contributed by atoms with Gasteiger partial charge in [0.15, 0.2) is 0 Å². The molecular formula is C14H28N4. The third-order valence-electron chi connectivity index (χ3n) is 3.24. The molecule has 0 spiro atoms. The maximum absolute atomic E-state index is 5.81. The van der Waals surface area contributed by atoms with E-state index in [0.717, 1.165) is 24.6 Å². The Bertz CT molecular complexity index is 379. The van der Waals surface area contributed by atoms with Crippen LogP contribution in [0.3, 0.4) is 0 Å². The molecule has 1 rings (SSSR count). The maximum Gasteiger partial charge on any atom is 0.205 e. The minimum Gasteiger partial charge on any atom is -0.345 e. The zero-order valence-corrected chi connectivity index (χ0v) is 12.7. The van der Waals surface area contributed by atoms with Crippen molar-refractivity contribution in [2.45, 2.75) is 47.1 Å². The largest absolute Gasteiger partial charge is 0.345 e. The average Bonchev–Trinajstić information content (AvgIpc) is 2.72. The number of anilines is 1. The topological polar surface area (TPSA) is 47.1 Å². The van der Waals surface area contributed by atoms with Gasteiger partial charge < -0.3 is 15.2 Å². The first kappa shape index (κ1) is 15.0. The van der Waals surface area contributed by atoms with Crippen LogP contribution in [0.15, 0.2) is 6.20 Å². The van der Waals surface area contributed by atoms with Crippen LogP contribution in [0.4, 0.5) is 5.95 Å². The second-order valence-corrected chi connectivity index (χ2v) is 6.11. The Labute approximate surface area is 111 Å². The van der Waals surface area contributed by atoms with Gasteiger partial charge in [0.1, 0.15) is 0 Å². The molecule has 4 heteroatoms. The molecule has 0 saturated carbocycles. The molecule has 4 nitrogen and oxygen atoms in total. The van der Waals surface area contributed by atoms with Crippen LogP contribution in [-0.4, -0.2) is 29.7 Å². The van der Waals surface area contributed by atoms with Gasteiger partial charge >= 0.3 is 0 Å². The van der Waals surface area contributed by atoms with Crippen molar-refractivity contribution in [2.24, 2.45) is 11.1 Å². The van der Waals surface area contributed by atoms with Crippen molar-refractivity contribution in [3.8, 4) is 0 Å². The van der Waals surface area contributed by atoms with Gasteiger partial charge in [0.25, 0.3) is 0 Å². The Morgan fingerprint density at radius 2 is 2.06 bits per heavy atom. The highest BCUT2D eigenvalue weighted by atomic mass is 15.3. The molecule has 0 bridgehead atoms. The van der Waals surface area contributed by atoms with Crippen molar-refractivity contribution < 1.29 is 0 Å². The lowest BCUT2D eigenvalue weighted by atomic mass is 9.93. The van der Waals surface area contributed by atoms with Gasteiger partial charge in [-0.05, 0) is 32.2 Å². The van der Waals surface area contributed by atoms with Gasteiger partial charge in [0.05, 0.1) is 5.69 Å². The molecule has 0 atom stereocenters. The number of nitrogens with zero attached hydrogens (tertiary/aromatic N) is 3. The summed E-state index contributed by atoms with van der Waals surface area (Å²) in [5.41, 5.74) is 7.06. The van der Waals surface area contributed by atoms with Crippen LogP contribution in [0.5, 0.6) is 0 Å². The predicted octanol–water partition coefficient (Wildman–Crippen LogP) is 2.45. The fraction of sp³-hybridized carbons (Fsp3) is 0.786. The zero-order chi connectivity index (χ0) is 13.9. The zero-order valence-electron chi connectivity index (χ0n) is 12.7. The highest BCUT2D eigenvalue weighted by molar-refractivity contribution is 5.33. The fourth-order valence-electron chi connectivity index (χ4n) is 2.04. The number of aryl methyl sites for hydroxylation is 1. The van der Waals surface area contributed by atoms with Crippen molar-refractivity contribution in [1.29, 1.82) is 0 Å². The molecule has 0 fully saturated rings. The minimum atomic E-state index is 0.106. The van der Waals surface area contributed by atoms with Crippen LogP contribution < -0.4 is 10.6 Å². The lowest BCUT2D eigenvalue weighted by molar-refractivity contribution is 0.380. The van der Waals surface area contributed by atoms with Crippen LogP contribution >= 0.6 is 0 Å². The lowest BCUT2D eigenvalue weighted by Crippen LogP contribution is -2.38. The van der Waals surface area contributed by atoms with Crippen molar-refractivity contribution in [3.63, 3.8) is 0 Å². The van der Waals surface area contributed by atoms with Crippen LogP contribution in [0, 0.1) is 5.41 Å². The van der Waals surface area contributed by atoms with E-state index >= 15 is 0 Å². The Kier molecular flexibility index (Phi) is 4.79. The van der Waals surface area contributed by atoms with E-state index in [0.29, 0.717) is 12.6 Å². The second kappa shape index (κ2) is 5.74. The molecule has 0 radical (unpaired) electrons. The van der Waals surface area contributed by atoms with E-state index in [4.69, 9.17) is 10.7 Å². The summed E-state index contributed by atoms with van der Waals surface area (Å²) >= 11 is 0. The number of imidazole rings is 1. The maximum atomic E-state index is 5.81. The van der Waals surface area contributed by atoms with Gasteiger partial charge in [-0.15, -0.1) is 0 Å². The number of hydrogen-bond donors (Lipinski definition) is 1. The monoisotopic (exact) mass is 252 g/mol. The Morgan fingerprint density at radius 1 is 1.44 bits per heavy atom. The van der Waals surface area contributed by atoms with Crippen LogP contribution in [0.1, 0.15) is 46.4 Å². The number of nitrogens with two attached hydrogens (primary N) is 1. The quantitative estimate of drug-likeness (QED) is 0.846. The first-order valence-corrected chi connectivity index (χ1v) is 6.79. The first-order valence-electron chi connectivity index (χ1n) is 6.79. The minimum absolute atomic E-state index is 0.106. The third kappa shape index (κ3) is 3.48. The van der Waals surface area contributed by atoms with Gasteiger partial charge in [-0.25, -0.2) is 4.98 Å². The third-order valence-corrected chi connectivity index (χ3v) is 3.24. The summed E-state index contributed by atoms with van der Waals surface area (Å²) in [6.07, 6.45) is 3.13. The van der Waals surface area contributed by atoms with Gasteiger partial charge in [0.2, 0.25) is 5.95 Å². The summed E-state index contributed by atoms with van der Waals surface area (Å²) in [5, 5.41) is 0. The van der Waals surface area contributed by atoms with Gasteiger partial charge in [-0.2, -0.15) is 0 Å². The molecule has 0 aliphatic carbocycles.